The van der Waals surface area contributed by atoms with Gasteiger partial charge in [-0.05, 0) is 47.7 Å². The van der Waals surface area contributed by atoms with Gasteiger partial charge in [0.05, 0.1) is 17.3 Å². The number of hydrazone groups is 1. The van der Waals surface area contributed by atoms with Gasteiger partial charge in [0, 0.05) is 15.7 Å². The van der Waals surface area contributed by atoms with Crippen LogP contribution in [0.5, 0.6) is 5.75 Å². The number of hydrogen-bond acceptors (Lipinski definition) is 7. The SMILES string of the molecule is CC(Cn1cnc([N+](=O)[O-])n1)=NNC(=O)c1cccc(COc2ccc(Cl)cc2Cl)c1. The minimum atomic E-state index is -0.692. The standard InChI is InChI=1S/C19H16Cl2N6O4/c1-12(9-26-11-22-19(25-26)27(29)30)23-24-18(28)14-4-2-3-13(7-14)10-31-17-6-5-15(20)8-16(17)21/h2-8,11H,9-10H2,1H3,(H,24,28). The monoisotopic (exact) mass is 462 g/mol. The summed E-state index contributed by atoms with van der Waals surface area (Å²) < 4.78 is 6.94. The van der Waals surface area contributed by atoms with Crippen LogP contribution >= 0.6 is 23.2 Å². The fraction of sp³-hybridized carbons (Fsp3) is 0.158. The number of carbonyl (C=O) groups excluding carboxylic acids is 1. The van der Waals surface area contributed by atoms with Crippen LogP contribution in [-0.2, 0) is 13.2 Å². The van der Waals surface area contributed by atoms with Gasteiger partial charge in [-0.25, -0.2) is 5.43 Å². The Morgan fingerprint density at radius 1 is 1.29 bits per heavy atom. The van der Waals surface area contributed by atoms with Crippen molar-refractivity contribution < 1.29 is 14.5 Å². The summed E-state index contributed by atoms with van der Waals surface area (Å²) in [5, 5.41) is 19.2. The van der Waals surface area contributed by atoms with Crippen molar-refractivity contribution in [2.24, 2.45) is 5.10 Å². The third kappa shape index (κ3) is 6.24. The summed E-state index contributed by atoms with van der Waals surface area (Å²) >= 11 is 12.0. The Morgan fingerprint density at radius 3 is 2.81 bits per heavy atom. The number of amides is 1. The number of rotatable bonds is 8. The molecule has 31 heavy (non-hydrogen) atoms. The smallest absolute Gasteiger partial charge is 0.487 e. The van der Waals surface area contributed by atoms with Crippen molar-refractivity contribution in [2.45, 2.75) is 20.1 Å². The lowest BCUT2D eigenvalue weighted by molar-refractivity contribution is -0.394. The first-order chi connectivity index (χ1) is 14.8. The Kier molecular flexibility index (Phi) is 7.16. The molecular formula is C19H16Cl2N6O4. The fourth-order valence-corrected chi connectivity index (χ4v) is 2.94. The van der Waals surface area contributed by atoms with Crippen molar-refractivity contribution in [3.05, 3.63) is 80.1 Å². The highest BCUT2D eigenvalue weighted by Crippen LogP contribution is 2.28. The first-order valence-corrected chi connectivity index (χ1v) is 9.61. The molecule has 0 fully saturated rings. The minimum Gasteiger partial charge on any atom is -0.487 e. The molecule has 0 unspecified atom stereocenters. The molecule has 0 aliphatic heterocycles. The van der Waals surface area contributed by atoms with Crippen molar-refractivity contribution >= 4 is 40.8 Å². The van der Waals surface area contributed by atoms with Crippen LogP contribution in [0.1, 0.15) is 22.8 Å². The summed E-state index contributed by atoms with van der Waals surface area (Å²) in [6.07, 6.45) is 1.22. The van der Waals surface area contributed by atoms with Gasteiger partial charge in [0.1, 0.15) is 12.4 Å². The lowest BCUT2D eigenvalue weighted by atomic mass is 10.1. The zero-order valence-electron chi connectivity index (χ0n) is 16.2. The highest BCUT2D eigenvalue weighted by molar-refractivity contribution is 6.35. The van der Waals surface area contributed by atoms with Crippen LogP contribution in [0.2, 0.25) is 10.0 Å². The summed E-state index contributed by atoms with van der Waals surface area (Å²) in [4.78, 5) is 25.9. The topological polar surface area (TPSA) is 125 Å². The lowest BCUT2D eigenvalue weighted by Crippen LogP contribution is -2.21. The van der Waals surface area contributed by atoms with Gasteiger partial charge in [-0.2, -0.15) is 9.78 Å². The number of nitrogens with zero attached hydrogens (tertiary/aromatic N) is 5. The van der Waals surface area contributed by atoms with Crippen molar-refractivity contribution in [1.82, 2.24) is 20.2 Å². The average Bonchev–Trinajstić information content (AvgIpc) is 3.20. The molecule has 0 spiro atoms. The fourth-order valence-electron chi connectivity index (χ4n) is 2.48. The molecule has 0 saturated carbocycles. The molecule has 0 bridgehead atoms. The molecule has 12 heteroatoms. The Bertz CT molecular complexity index is 1150. The van der Waals surface area contributed by atoms with Crippen molar-refractivity contribution in [3.8, 4) is 5.75 Å². The van der Waals surface area contributed by atoms with Gasteiger partial charge in [0.15, 0.2) is 0 Å². The Hall–Kier alpha value is -3.50. The van der Waals surface area contributed by atoms with Crippen LogP contribution in [-0.4, -0.2) is 31.3 Å². The average molecular weight is 463 g/mol. The number of halogens is 2. The van der Waals surface area contributed by atoms with Gasteiger partial charge in [-0.1, -0.05) is 40.3 Å². The van der Waals surface area contributed by atoms with Crippen molar-refractivity contribution in [2.75, 3.05) is 0 Å². The number of nitrogens with one attached hydrogen (secondary N) is 1. The third-order valence-electron chi connectivity index (χ3n) is 3.90. The van der Waals surface area contributed by atoms with Crippen LogP contribution in [0.4, 0.5) is 5.95 Å². The molecule has 10 nitrogen and oxygen atoms in total. The molecule has 2 aromatic carbocycles. The molecule has 160 valence electrons. The number of hydrogen-bond donors (Lipinski definition) is 1. The summed E-state index contributed by atoms with van der Waals surface area (Å²) in [7, 11) is 0. The summed E-state index contributed by atoms with van der Waals surface area (Å²) in [6, 6.07) is 11.8. The number of ether oxygens (including phenoxy) is 1. The molecule has 1 heterocycles. The van der Waals surface area contributed by atoms with Crippen LogP contribution in [0.15, 0.2) is 53.9 Å². The molecule has 1 N–H and O–H groups in total. The number of nitro groups is 1. The third-order valence-corrected chi connectivity index (χ3v) is 4.43. The molecule has 0 atom stereocenters. The Morgan fingerprint density at radius 2 is 2.10 bits per heavy atom. The first kappa shape index (κ1) is 22.2. The van der Waals surface area contributed by atoms with E-state index in [2.05, 4.69) is 20.6 Å². The Labute approximate surface area is 186 Å². The van der Waals surface area contributed by atoms with Crippen molar-refractivity contribution in [3.63, 3.8) is 0 Å². The van der Waals surface area contributed by atoms with E-state index in [0.29, 0.717) is 27.1 Å². The second kappa shape index (κ2) is 10.0. The van der Waals surface area contributed by atoms with E-state index in [0.717, 1.165) is 5.56 Å². The summed E-state index contributed by atoms with van der Waals surface area (Å²) in [5.74, 6) is -0.444. The molecule has 1 aromatic heterocycles. The number of aromatic nitrogens is 3. The number of benzene rings is 2. The molecule has 3 rings (SSSR count). The zero-order chi connectivity index (χ0) is 22.4. The second-order valence-electron chi connectivity index (χ2n) is 6.35. The first-order valence-electron chi connectivity index (χ1n) is 8.86. The Balaban J connectivity index is 1.58. The van der Waals surface area contributed by atoms with Gasteiger partial charge < -0.3 is 14.9 Å². The molecule has 0 aliphatic rings. The second-order valence-corrected chi connectivity index (χ2v) is 7.19. The maximum atomic E-state index is 12.4. The van der Waals surface area contributed by atoms with Gasteiger partial charge >= 0.3 is 5.95 Å². The van der Waals surface area contributed by atoms with E-state index >= 15 is 0 Å². The quantitative estimate of drug-likeness (QED) is 0.307. The predicted molar refractivity (Wildman–Crippen MR) is 114 cm³/mol. The lowest BCUT2D eigenvalue weighted by Gasteiger charge is -2.09. The molecule has 1 amide bonds. The van der Waals surface area contributed by atoms with Crippen LogP contribution in [0.25, 0.3) is 0 Å². The van der Waals surface area contributed by atoms with E-state index in [1.54, 1.807) is 43.3 Å². The van der Waals surface area contributed by atoms with Gasteiger partial charge in [0.2, 0.25) is 6.33 Å². The maximum Gasteiger partial charge on any atom is 0.490 e. The molecule has 0 radical (unpaired) electrons. The largest absolute Gasteiger partial charge is 0.490 e. The van der Waals surface area contributed by atoms with Gasteiger partial charge in [-0.3, -0.25) is 4.79 Å². The van der Waals surface area contributed by atoms with Gasteiger partial charge in [0.25, 0.3) is 5.91 Å². The van der Waals surface area contributed by atoms with E-state index in [1.165, 1.54) is 11.0 Å². The molecule has 0 saturated heterocycles. The minimum absolute atomic E-state index is 0.136. The molecular weight excluding hydrogens is 447 g/mol. The van der Waals surface area contributed by atoms with E-state index in [9.17, 15) is 14.9 Å². The maximum absolute atomic E-state index is 12.4. The van der Waals surface area contributed by atoms with E-state index in [-0.39, 0.29) is 13.2 Å². The van der Waals surface area contributed by atoms with E-state index in [4.69, 9.17) is 27.9 Å². The number of carbonyl (C=O) groups is 1. The highest BCUT2D eigenvalue weighted by Gasteiger charge is 2.13. The zero-order valence-corrected chi connectivity index (χ0v) is 17.7. The highest BCUT2D eigenvalue weighted by atomic mass is 35.5. The van der Waals surface area contributed by atoms with Crippen molar-refractivity contribution in [1.29, 1.82) is 0 Å². The predicted octanol–water partition coefficient (Wildman–Crippen LogP) is 3.88. The summed E-state index contributed by atoms with van der Waals surface area (Å²) in [6.45, 7) is 1.99. The summed E-state index contributed by atoms with van der Waals surface area (Å²) in [5.41, 5.74) is 4.06. The van der Waals surface area contributed by atoms with Crippen LogP contribution < -0.4 is 10.2 Å². The molecule has 3 aromatic rings. The molecule has 0 aliphatic carbocycles. The van der Waals surface area contributed by atoms with Crippen LogP contribution in [0, 0.1) is 10.1 Å². The van der Waals surface area contributed by atoms with E-state index < -0.39 is 16.8 Å². The van der Waals surface area contributed by atoms with E-state index in [1.807, 2.05) is 6.07 Å². The normalized spacial score (nSPS) is 11.3. The van der Waals surface area contributed by atoms with Crippen LogP contribution in [0.3, 0.4) is 0 Å². The van der Waals surface area contributed by atoms with Gasteiger partial charge in [-0.15, -0.1) is 0 Å².